The van der Waals surface area contributed by atoms with Gasteiger partial charge in [-0.2, -0.15) is 9.07 Å². The highest BCUT2D eigenvalue weighted by atomic mass is 35.5. The van der Waals surface area contributed by atoms with Crippen LogP contribution in [0.25, 0.3) is 5.69 Å². The fraction of sp³-hybridized carbons (Fsp3) is 0.312. The van der Waals surface area contributed by atoms with E-state index in [1.54, 1.807) is 19.3 Å². The Labute approximate surface area is 152 Å². The van der Waals surface area contributed by atoms with E-state index in [1.165, 1.54) is 12.1 Å². The van der Waals surface area contributed by atoms with Crippen LogP contribution in [-0.2, 0) is 11.3 Å². The third-order valence-corrected chi connectivity index (χ3v) is 4.05. The molecule has 0 radical (unpaired) electrons. The highest BCUT2D eigenvalue weighted by Gasteiger charge is 2.26. The molecule has 10 heteroatoms. The van der Waals surface area contributed by atoms with Crippen LogP contribution in [0.15, 0.2) is 35.0 Å². The topological polar surface area (TPSA) is 64.3 Å². The monoisotopic (exact) mass is 385 g/mol. The molecule has 2 heterocycles. The van der Waals surface area contributed by atoms with Crippen LogP contribution in [0.3, 0.4) is 0 Å². The van der Waals surface area contributed by atoms with Gasteiger partial charge in [0.2, 0.25) is 11.8 Å². The SMILES string of the molecule is CC1=CNC(C)(OCc2nnn(-c3ccc(Cl)c(C(F)F)c3)c2F)N=C1. The van der Waals surface area contributed by atoms with Crippen molar-refractivity contribution in [3.05, 3.63) is 52.2 Å². The first-order valence-corrected chi connectivity index (χ1v) is 7.98. The second-order valence-corrected chi connectivity index (χ2v) is 6.21. The quantitative estimate of drug-likeness (QED) is 0.851. The normalized spacial score (nSPS) is 19.6. The summed E-state index contributed by atoms with van der Waals surface area (Å²) >= 11 is 5.72. The predicted octanol–water partition coefficient (Wildman–Crippen LogP) is 3.77. The lowest BCUT2D eigenvalue weighted by Gasteiger charge is -2.28. The summed E-state index contributed by atoms with van der Waals surface area (Å²) in [6, 6.07) is 3.70. The van der Waals surface area contributed by atoms with Gasteiger partial charge in [-0.05, 0) is 30.7 Å². The van der Waals surface area contributed by atoms with Gasteiger partial charge in [-0.1, -0.05) is 16.8 Å². The number of aliphatic imine (C=N–C) groups is 1. The van der Waals surface area contributed by atoms with Crippen molar-refractivity contribution in [1.82, 2.24) is 20.3 Å². The lowest BCUT2D eigenvalue weighted by atomic mass is 10.2. The van der Waals surface area contributed by atoms with Gasteiger partial charge in [0.05, 0.1) is 5.69 Å². The number of halogens is 4. The number of nitrogens with one attached hydrogen (secondary N) is 1. The molecule has 0 fully saturated rings. The molecule has 0 spiro atoms. The van der Waals surface area contributed by atoms with Gasteiger partial charge in [0, 0.05) is 29.9 Å². The zero-order chi connectivity index (χ0) is 18.9. The highest BCUT2D eigenvalue weighted by Crippen LogP contribution is 2.29. The van der Waals surface area contributed by atoms with E-state index in [0.717, 1.165) is 16.3 Å². The molecule has 0 amide bonds. The van der Waals surface area contributed by atoms with Crippen LogP contribution in [-0.4, -0.2) is 27.1 Å². The summed E-state index contributed by atoms with van der Waals surface area (Å²) in [5, 5.41) is 10.2. The van der Waals surface area contributed by atoms with Gasteiger partial charge in [0.15, 0.2) is 0 Å². The van der Waals surface area contributed by atoms with Crippen molar-refractivity contribution in [2.24, 2.45) is 4.99 Å². The first kappa shape index (κ1) is 18.4. The van der Waals surface area contributed by atoms with Crippen LogP contribution in [0.5, 0.6) is 0 Å². The third kappa shape index (κ3) is 3.73. The molecular weight excluding hydrogens is 371 g/mol. The maximum atomic E-state index is 14.6. The summed E-state index contributed by atoms with van der Waals surface area (Å²) < 4.78 is 46.8. The second kappa shape index (κ2) is 7.08. The van der Waals surface area contributed by atoms with E-state index < -0.39 is 23.8 Å². The molecule has 138 valence electrons. The summed E-state index contributed by atoms with van der Waals surface area (Å²) in [5.74, 6) is -1.87. The lowest BCUT2D eigenvalue weighted by molar-refractivity contribution is -0.0549. The van der Waals surface area contributed by atoms with Gasteiger partial charge in [-0.15, -0.1) is 5.10 Å². The number of benzene rings is 1. The number of hydrogen-bond donors (Lipinski definition) is 1. The van der Waals surface area contributed by atoms with Gasteiger partial charge in [-0.25, -0.2) is 13.8 Å². The van der Waals surface area contributed by atoms with Gasteiger partial charge >= 0.3 is 0 Å². The Balaban J connectivity index is 1.79. The minimum Gasteiger partial charge on any atom is -0.345 e. The van der Waals surface area contributed by atoms with Crippen molar-refractivity contribution in [3.8, 4) is 5.69 Å². The molecule has 6 nitrogen and oxygen atoms in total. The number of aromatic nitrogens is 3. The molecule has 0 saturated heterocycles. The number of nitrogens with zero attached hydrogens (tertiary/aromatic N) is 4. The smallest absolute Gasteiger partial charge is 0.265 e. The Morgan fingerprint density at radius 2 is 2.15 bits per heavy atom. The second-order valence-electron chi connectivity index (χ2n) is 5.81. The molecule has 26 heavy (non-hydrogen) atoms. The van der Waals surface area contributed by atoms with E-state index in [1.807, 2.05) is 6.92 Å². The summed E-state index contributed by atoms with van der Waals surface area (Å²) in [5.41, 5.74) is 0.510. The van der Waals surface area contributed by atoms with Crippen molar-refractivity contribution >= 4 is 17.8 Å². The first-order valence-electron chi connectivity index (χ1n) is 7.61. The van der Waals surface area contributed by atoms with E-state index in [0.29, 0.717) is 0 Å². The van der Waals surface area contributed by atoms with Crippen molar-refractivity contribution < 1.29 is 17.9 Å². The summed E-state index contributed by atoms with van der Waals surface area (Å²) in [4.78, 5) is 4.19. The third-order valence-electron chi connectivity index (χ3n) is 3.71. The molecule has 0 saturated carbocycles. The minimum absolute atomic E-state index is 0.0805. The summed E-state index contributed by atoms with van der Waals surface area (Å²) in [6.07, 6.45) is 0.562. The largest absolute Gasteiger partial charge is 0.345 e. The number of allylic oxidation sites excluding steroid dienone is 1. The Bertz CT molecular complexity index is 883. The molecular formula is C16H15ClF3N5O. The number of rotatable bonds is 5. The summed E-state index contributed by atoms with van der Waals surface area (Å²) in [7, 11) is 0. The molecule has 1 aliphatic heterocycles. The maximum Gasteiger partial charge on any atom is 0.265 e. The van der Waals surface area contributed by atoms with Crippen molar-refractivity contribution in [2.75, 3.05) is 0 Å². The maximum absolute atomic E-state index is 14.6. The van der Waals surface area contributed by atoms with E-state index in [9.17, 15) is 13.2 Å². The van der Waals surface area contributed by atoms with Crippen molar-refractivity contribution in [1.29, 1.82) is 0 Å². The van der Waals surface area contributed by atoms with Crippen LogP contribution in [0.4, 0.5) is 13.2 Å². The molecule has 0 bridgehead atoms. The van der Waals surface area contributed by atoms with E-state index in [4.69, 9.17) is 16.3 Å². The number of alkyl halides is 2. The van der Waals surface area contributed by atoms with Crippen LogP contribution in [0, 0.1) is 5.95 Å². The first-order chi connectivity index (χ1) is 12.3. The number of hydrogen-bond acceptors (Lipinski definition) is 5. The van der Waals surface area contributed by atoms with E-state index >= 15 is 0 Å². The molecule has 0 aliphatic carbocycles. The molecule has 3 rings (SSSR count). The fourth-order valence-electron chi connectivity index (χ4n) is 2.22. The van der Waals surface area contributed by atoms with Crippen LogP contribution in [0.2, 0.25) is 5.02 Å². The van der Waals surface area contributed by atoms with Crippen LogP contribution < -0.4 is 5.32 Å². The van der Waals surface area contributed by atoms with E-state index in [-0.39, 0.29) is 23.0 Å². The zero-order valence-electron chi connectivity index (χ0n) is 13.9. The van der Waals surface area contributed by atoms with Gasteiger partial charge < -0.3 is 10.1 Å². The molecule has 1 aliphatic rings. The van der Waals surface area contributed by atoms with Crippen molar-refractivity contribution in [2.45, 2.75) is 32.7 Å². The zero-order valence-corrected chi connectivity index (χ0v) is 14.6. The van der Waals surface area contributed by atoms with Crippen LogP contribution in [0.1, 0.15) is 31.5 Å². The standard InChI is InChI=1S/C16H15ClF3N5O/c1-9-6-21-16(2,22-7-9)26-8-13-15(20)25(24-23-13)10-3-4-12(17)11(5-10)14(18)19/h3-7,14,21H,8H2,1-2H3. The average molecular weight is 386 g/mol. The minimum atomic E-state index is -2.79. The average Bonchev–Trinajstić information content (AvgIpc) is 2.97. The van der Waals surface area contributed by atoms with Gasteiger partial charge in [-0.3, -0.25) is 0 Å². The molecule has 1 aromatic carbocycles. The molecule has 1 aromatic heterocycles. The molecule has 2 aromatic rings. The Kier molecular flexibility index (Phi) is 5.01. The van der Waals surface area contributed by atoms with Gasteiger partial charge in [0.1, 0.15) is 12.3 Å². The number of ether oxygens (including phenoxy) is 1. The van der Waals surface area contributed by atoms with Crippen LogP contribution >= 0.6 is 11.6 Å². The Hall–Kier alpha value is -2.39. The fourth-order valence-corrected chi connectivity index (χ4v) is 2.42. The van der Waals surface area contributed by atoms with Crippen molar-refractivity contribution in [3.63, 3.8) is 0 Å². The predicted molar refractivity (Wildman–Crippen MR) is 89.9 cm³/mol. The molecule has 1 atom stereocenters. The Morgan fingerprint density at radius 1 is 1.38 bits per heavy atom. The lowest BCUT2D eigenvalue weighted by Crippen LogP contribution is -2.42. The Morgan fingerprint density at radius 3 is 2.81 bits per heavy atom. The molecule has 1 unspecified atom stereocenters. The summed E-state index contributed by atoms with van der Waals surface area (Å²) in [6.45, 7) is 3.32. The van der Waals surface area contributed by atoms with E-state index in [2.05, 4.69) is 20.6 Å². The van der Waals surface area contributed by atoms with Gasteiger partial charge in [0.25, 0.3) is 6.43 Å². The highest BCUT2D eigenvalue weighted by molar-refractivity contribution is 6.31. The molecule has 1 N–H and O–H groups in total.